The van der Waals surface area contributed by atoms with Gasteiger partial charge in [-0.2, -0.15) is 5.26 Å². The Labute approximate surface area is 163 Å². The molecule has 136 valence electrons. The Morgan fingerprint density at radius 2 is 1.75 bits per heavy atom. The van der Waals surface area contributed by atoms with Gasteiger partial charge < -0.3 is 10.5 Å². The van der Waals surface area contributed by atoms with Crippen LogP contribution in [0.4, 0.5) is 0 Å². The van der Waals surface area contributed by atoms with Crippen molar-refractivity contribution in [3.8, 4) is 34.3 Å². The van der Waals surface area contributed by atoms with Crippen LogP contribution in [0.3, 0.4) is 0 Å². The van der Waals surface area contributed by atoms with Gasteiger partial charge in [-0.05, 0) is 17.2 Å². The maximum atomic E-state index is 10.1. The molecule has 28 heavy (non-hydrogen) atoms. The van der Waals surface area contributed by atoms with E-state index in [4.69, 9.17) is 15.5 Å². The first kappa shape index (κ1) is 17.7. The maximum absolute atomic E-state index is 10.1. The largest absolute Gasteiger partial charge is 0.480 e. The zero-order valence-electron chi connectivity index (χ0n) is 15.4. The van der Waals surface area contributed by atoms with Gasteiger partial charge in [-0.25, -0.2) is 9.97 Å². The lowest BCUT2D eigenvalue weighted by Gasteiger charge is -2.15. The summed E-state index contributed by atoms with van der Waals surface area (Å²) in [5, 5.41) is 10.7. The number of rotatable bonds is 4. The number of benzene rings is 2. The third kappa shape index (κ3) is 2.96. The number of nitrogens with zero attached hydrogens (tertiary/aromatic N) is 3. The summed E-state index contributed by atoms with van der Waals surface area (Å²) in [6, 6.07) is 21.9. The van der Waals surface area contributed by atoms with Crippen LogP contribution in [0.25, 0.3) is 33.3 Å². The summed E-state index contributed by atoms with van der Waals surface area (Å²) in [6.45, 7) is 0.475. The zero-order chi connectivity index (χ0) is 19.5. The summed E-state index contributed by atoms with van der Waals surface area (Å²) in [5.74, 6) is 0.392. The number of ether oxygens (including phenoxy) is 1. The molecule has 5 heteroatoms. The predicted molar refractivity (Wildman–Crippen MR) is 110 cm³/mol. The van der Waals surface area contributed by atoms with Gasteiger partial charge in [0.05, 0.1) is 29.3 Å². The molecule has 4 aromatic rings. The van der Waals surface area contributed by atoms with Gasteiger partial charge in [0.2, 0.25) is 5.88 Å². The fourth-order valence-corrected chi connectivity index (χ4v) is 3.34. The van der Waals surface area contributed by atoms with Crippen molar-refractivity contribution < 1.29 is 4.74 Å². The molecule has 0 aliphatic carbocycles. The minimum atomic E-state index is 0.392. The van der Waals surface area contributed by atoms with Crippen LogP contribution in [0.2, 0.25) is 0 Å². The number of pyridine rings is 2. The summed E-state index contributed by atoms with van der Waals surface area (Å²) in [4.78, 5) is 9.16. The molecular weight excluding hydrogens is 348 g/mol. The fourth-order valence-electron chi connectivity index (χ4n) is 3.34. The van der Waals surface area contributed by atoms with Gasteiger partial charge in [0.25, 0.3) is 0 Å². The average molecular weight is 366 g/mol. The van der Waals surface area contributed by atoms with Crippen LogP contribution in [-0.2, 0) is 6.54 Å². The lowest BCUT2D eigenvalue weighted by Crippen LogP contribution is -2.00. The number of nitriles is 1. The molecule has 0 spiro atoms. The molecule has 0 saturated heterocycles. The van der Waals surface area contributed by atoms with Crippen molar-refractivity contribution in [2.45, 2.75) is 6.54 Å². The lowest BCUT2D eigenvalue weighted by atomic mass is 9.92. The Kier molecular flexibility index (Phi) is 4.71. The highest BCUT2D eigenvalue weighted by Gasteiger charge is 2.21. The Hall–Kier alpha value is -3.75. The van der Waals surface area contributed by atoms with Crippen molar-refractivity contribution in [2.75, 3.05) is 7.11 Å². The Morgan fingerprint density at radius 3 is 2.39 bits per heavy atom. The molecule has 2 heterocycles. The quantitative estimate of drug-likeness (QED) is 0.582. The topological polar surface area (TPSA) is 84.8 Å². The van der Waals surface area contributed by atoms with E-state index in [1.165, 1.54) is 0 Å². The van der Waals surface area contributed by atoms with Gasteiger partial charge in [-0.1, -0.05) is 54.6 Å². The van der Waals surface area contributed by atoms with Gasteiger partial charge in [-0.3, -0.25) is 0 Å². The number of aromatic nitrogens is 2. The van der Waals surface area contributed by atoms with Crippen molar-refractivity contribution in [2.24, 2.45) is 5.73 Å². The molecule has 0 amide bonds. The molecule has 0 unspecified atom stereocenters. The van der Waals surface area contributed by atoms with Crippen molar-refractivity contribution in [1.29, 1.82) is 5.26 Å². The van der Waals surface area contributed by atoms with Gasteiger partial charge >= 0.3 is 0 Å². The second-order valence-corrected chi connectivity index (χ2v) is 6.30. The number of methoxy groups -OCH3 is 1. The van der Waals surface area contributed by atoms with E-state index in [-0.39, 0.29) is 0 Å². The van der Waals surface area contributed by atoms with Crippen molar-refractivity contribution in [3.05, 3.63) is 78.0 Å². The van der Waals surface area contributed by atoms with Crippen LogP contribution in [0.15, 0.2) is 66.9 Å². The molecule has 4 rings (SSSR count). The highest BCUT2D eigenvalue weighted by atomic mass is 16.5. The summed E-state index contributed by atoms with van der Waals surface area (Å²) >= 11 is 0. The third-order valence-corrected chi connectivity index (χ3v) is 4.69. The van der Waals surface area contributed by atoms with Gasteiger partial charge in [0, 0.05) is 23.9 Å². The normalized spacial score (nSPS) is 10.6. The molecule has 2 aromatic carbocycles. The smallest absolute Gasteiger partial charge is 0.224 e. The minimum absolute atomic E-state index is 0.392. The molecule has 0 saturated carbocycles. The Bertz CT molecular complexity index is 1180. The van der Waals surface area contributed by atoms with E-state index < -0.39 is 0 Å². The summed E-state index contributed by atoms with van der Waals surface area (Å²) in [6.07, 6.45) is 1.64. The van der Waals surface area contributed by atoms with Crippen LogP contribution in [0, 0.1) is 11.3 Å². The van der Waals surface area contributed by atoms with E-state index in [2.05, 4.69) is 11.1 Å². The van der Waals surface area contributed by atoms with Crippen molar-refractivity contribution in [1.82, 2.24) is 9.97 Å². The van der Waals surface area contributed by atoms with Crippen LogP contribution >= 0.6 is 0 Å². The fraction of sp³-hybridized carbons (Fsp3) is 0.0870. The number of hydrogen-bond acceptors (Lipinski definition) is 5. The molecular formula is C23H18N4O. The van der Waals surface area contributed by atoms with Crippen LogP contribution in [0.1, 0.15) is 11.1 Å². The number of fused-ring (bicyclic) bond motifs is 1. The van der Waals surface area contributed by atoms with E-state index in [0.717, 1.165) is 27.9 Å². The summed E-state index contributed by atoms with van der Waals surface area (Å²) in [7, 11) is 1.55. The molecule has 0 radical (unpaired) electrons. The number of nitrogens with two attached hydrogens (primary N) is 1. The monoisotopic (exact) mass is 366 g/mol. The molecule has 2 N–H and O–H groups in total. The summed E-state index contributed by atoms with van der Waals surface area (Å²) < 4.78 is 5.42. The molecule has 2 aromatic heterocycles. The molecule has 0 bridgehead atoms. The van der Waals surface area contributed by atoms with Crippen molar-refractivity contribution in [3.63, 3.8) is 0 Å². The van der Waals surface area contributed by atoms with E-state index in [1.807, 2.05) is 54.6 Å². The second kappa shape index (κ2) is 7.47. The zero-order valence-corrected chi connectivity index (χ0v) is 15.4. The Balaban J connectivity index is 2.12. The van der Waals surface area contributed by atoms with Crippen molar-refractivity contribution >= 4 is 10.9 Å². The van der Waals surface area contributed by atoms with Crippen LogP contribution in [-0.4, -0.2) is 17.1 Å². The standard InChI is InChI=1S/C23H18N4O/c1-28-23-21-18(14-25)20(16-5-3-2-4-6-16)22(27-19(21)11-12-26-23)17-9-7-15(13-24)8-10-17/h2-12H,13,24H2,1H3. The maximum Gasteiger partial charge on any atom is 0.224 e. The molecule has 0 aliphatic heterocycles. The molecule has 0 aliphatic rings. The highest BCUT2D eigenvalue weighted by molar-refractivity contribution is 6.00. The SMILES string of the molecule is COc1nccc2nc(-c3ccc(CN)cc3)c(-c3ccccc3)c(C#N)c12. The van der Waals surface area contributed by atoms with E-state index in [9.17, 15) is 5.26 Å². The highest BCUT2D eigenvalue weighted by Crippen LogP contribution is 2.39. The first-order valence-electron chi connectivity index (χ1n) is 8.88. The number of hydrogen-bond donors (Lipinski definition) is 1. The third-order valence-electron chi connectivity index (χ3n) is 4.69. The first-order chi connectivity index (χ1) is 13.8. The first-order valence-corrected chi connectivity index (χ1v) is 8.88. The molecule has 0 fully saturated rings. The summed E-state index contributed by atoms with van der Waals surface area (Å²) in [5.41, 5.74) is 11.3. The van der Waals surface area contributed by atoms with E-state index >= 15 is 0 Å². The molecule has 5 nitrogen and oxygen atoms in total. The van der Waals surface area contributed by atoms with E-state index in [1.54, 1.807) is 19.4 Å². The van der Waals surface area contributed by atoms with E-state index in [0.29, 0.717) is 28.9 Å². The Morgan fingerprint density at radius 1 is 1.00 bits per heavy atom. The van der Waals surface area contributed by atoms with Gasteiger partial charge in [-0.15, -0.1) is 0 Å². The van der Waals surface area contributed by atoms with Gasteiger partial charge in [0.15, 0.2) is 0 Å². The van der Waals surface area contributed by atoms with Crippen LogP contribution in [0.5, 0.6) is 5.88 Å². The molecule has 0 atom stereocenters. The van der Waals surface area contributed by atoms with Crippen LogP contribution < -0.4 is 10.5 Å². The lowest BCUT2D eigenvalue weighted by molar-refractivity contribution is 0.403. The second-order valence-electron chi connectivity index (χ2n) is 6.30. The average Bonchev–Trinajstić information content (AvgIpc) is 2.77. The van der Waals surface area contributed by atoms with Gasteiger partial charge in [0.1, 0.15) is 6.07 Å². The predicted octanol–water partition coefficient (Wildman–Crippen LogP) is 4.30. The minimum Gasteiger partial charge on any atom is -0.480 e.